The van der Waals surface area contributed by atoms with Crippen molar-refractivity contribution in [1.82, 2.24) is 10.5 Å². The van der Waals surface area contributed by atoms with E-state index < -0.39 is 0 Å². The van der Waals surface area contributed by atoms with E-state index in [-0.39, 0.29) is 5.91 Å². The first-order valence-corrected chi connectivity index (χ1v) is 8.87. The minimum absolute atomic E-state index is 0.230. The van der Waals surface area contributed by atoms with Gasteiger partial charge in [-0.25, -0.2) is 0 Å². The van der Waals surface area contributed by atoms with Crippen LogP contribution in [0.2, 0.25) is 9.36 Å². The molecule has 0 atom stereocenters. The summed E-state index contributed by atoms with van der Waals surface area (Å²) in [6, 6.07) is 11.0. The van der Waals surface area contributed by atoms with Gasteiger partial charge in [-0.1, -0.05) is 46.6 Å². The van der Waals surface area contributed by atoms with Gasteiger partial charge >= 0.3 is 0 Å². The largest absolute Gasteiger partial charge is 0.360 e. The molecule has 0 fully saturated rings. The molecule has 1 N–H and O–H groups in total. The number of carbonyl (C=O) groups excluding carboxylic acids is 1. The quantitative estimate of drug-likeness (QED) is 0.677. The number of benzene rings is 1. The van der Waals surface area contributed by atoms with Gasteiger partial charge in [-0.05, 0) is 31.5 Å². The highest BCUT2D eigenvalue weighted by Gasteiger charge is 2.22. The van der Waals surface area contributed by atoms with Gasteiger partial charge in [0.05, 0.1) is 9.36 Å². The summed E-state index contributed by atoms with van der Waals surface area (Å²) in [7, 11) is 0. The predicted octanol–water partition coefficient (Wildman–Crippen LogP) is 4.99. The van der Waals surface area contributed by atoms with Crippen molar-refractivity contribution in [2.24, 2.45) is 0 Å². The molecule has 2 aromatic heterocycles. The molecule has 4 nitrogen and oxygen atoms in total. The number of aryl methyl sites for hydroxylation is 1. The van der Waals surface area contributed by atoms with Gasteiger partial charge in [0.2, 0.25) is 0 Å². The topological polar surface area (TPSA) is 55.1 Å². The third-order valence-corrected chi connectivity index (χ3v) is 5.13. The van der Waals surface area contributed by atoms with Crippen LogP contribution in [0, 0.1) is 6.92 Å². The molecule has 0 saturated carbocycles. The Labute approximate surface area is 153 Å². The Morgan fingerprint density at radius 2 is 2.04 bits per heavy atom. The highest BCUT2D eigenvalue weighted by molar-refractivity contribution is 7.16. The fourth-order valence-electron chi connectivity index (χ4n) is 2.35. The van der Waals surface area contributed by atoms with E-state index in [0.717, 1.165) is 15.6 Å². The molecule has 124 valence electrons. The van der Waals surface area contributed by atoms with Crippen LogP contribution in [0.5, 0.6) is 0 Å². The van der Waals surface area contributed by atoms with Gasteiger partial charge in [0.25, 0.3) is 5.91 Å². The van der Waals surface area contributed by atoms with Crippen LogP contribution in [-0.4, -0.2) is 17.6 Å². The second-order valence-corrected chi connectivity index (χ2v) is 7.36. The average molecular weight is 381 g/mol. The summed E-state index contributed by atoms with van der Waals surface area (Å²) in [6.07, 6.45) is 0.717. The minimum Gasteiger partial charge on any atom is -0.360 e. The third kappa shape index (κ3) is 3.64. The van der Waals surface area contributed by atoms with Crippen molar-refractivity contribution in [2.45, 2.75) is 13.3 Å². The summed E-state index contributed by atoms with van der Waals surface area (Å²) in [5, 5.41) is 7.42. The number of nitrogens with one attached hydrogen (secondary N) is 1. The van der Waals surface area contributed by atoms with E-state index in [1.807, 2.05) is 30.3 Å². The van der Waals surface area contributed by atoms with Crippen LogP contribution in [0.25, 0.3) is 11.3 Å². The summed E-state index contributed by atoms with van der Waals surface area (Å²) in [6.45, 7) is 2.21. The number of thiophene rings is 1. The van der Waals surface area contributed by atoms with Gasteiger partial charge in [-0.3, -0.25) is 4.79 Å². The Hall–Kier alpha value is -1.82. The molecule has 0 aliphatic heterocycles. The van der Waals surface area contributed by atoms with E-state index in [9.17, 15) is 4.79 Å². The van der Waals surface area contributed by atoms with E-state index >= 15 is 0 Å². The van der Waals surface area contributed by atoms with Gasteiger partial charge in [0.1, 0.15) is 17.0 Å². The fourth-order valence-corrected chi connectivity index (χ4v) is 3.66. The van der Waals surface area contributed by atoms with Gasteiger partial charge in [-0.15, -0.1) is 11.3 Å². The van der Waals surface area contributed by atoms with Crippen molar-refractivity contribution in [3.05, 3.63) is 62.0 Å². The van der Waals surface area contributed by atoms with Crippen molar-refractivity contribution >= 4 is 40.4 Å². The summed E-state index contributed by atoms with van der Waals surface area (Å²) in [5.74, 6) is 0.230. The summed E-state index contributed by atoms with van der Waals surface area (Å²) < 4.78 is 5.95. The summed E-state index contributed by atoms with van der Waals surface area (Å²) >= 11 is 13.6. The minimum atomic E-state index is -0.230. The molecular weight excluding hydrogens is 367 g/mol. The first-order valence-electron chi connectivity index (χ1n) is 7.30. The van der Waals surface area contributed by atoms with Crippen molar-refractivity contribution < 1.29 is 9.32 Å². The van der Waals surface area contributed by atoms with E-state index in [2.05, 4.69) is 10.5 Å². The van der Waals surface area contributed by atoms with Crippen molar-refractivity contribution in [2.75, 3.05) is 6.54 Å². The Bertz CT molecular complexity index is 873. The molecule has 0 aliphatic rings. The molecule has 3 rings (SSSR count). The number of nitrogens with zero attached hydrogens (tertiary/aromatic N) is 1. The lowest BCUT2D eigenvalue weighted by atomic mass is 10.1. The Balaban J connectivity index is 1.75. The van der Waals surface area contributed by atoms with Gasteiger partial charge in [-0.2, -0.15) is 0 Å². The normalized spacial score (nSPS) is 10.8. The molecule has 1 aromatic carbocycles. The number of amides is 1. The number of hydrogen-bond acceptors (Lipinski definition) is 4. The van der Waals surface area contributed by atoms with Crippen LogP contribution in [0.15, 0.2) is 40.9 Å². The Kier molecular flexibility index (Phi) is 5.23. The van der Waals surface area contributed by atoms with Crippen molar-refractivity contribution in [3.8, 4) is 11.3 Å². The molecule has 24 heavy (non-hydrogen) atoms. The predicted molar refractivity (Wildman–Crippen MR) is 97.1 cm³/mol. The third-order valence-electron chi connectivity index (χ3n) is 3.50. The lowest BCUT2D eigenvalue weighted by molar-refractivity contribution is 0.0953. The van der Waals surface area contributed by atoms with Crippen molar-refractivity contribution in [3.63, 3.8) is 0 Å². The maximum absolute atomic E-state index is 12.6. The summed E-state index contributed by atoms with van der Waals surface area (Å²) in [4.78, 5) is 13.7. The Morgan fingerprint density at radius 1 is 1.25 bits per heavy atom. The summed E-state index contributed by atoms with van der Waals surface area (Å²) in [5.41, 5.74) is 1.54. The first-order chi connectivity index (χ1) is 11.6. The molecule has 0 spiro atoms. The van der Waals surface area contributed by atoms with E-state index in [0.29, 0.717) is 34.1 Å². The van der Waals surface area contributed by atoms with E-state index in [4.69, 9.17) is 27.7 Å². The molecule has 0 radical (unpaired) electrons. The molecule has 3 aromatic rings. The first kappa shape index (κ1) is 17.0. The number of aromatic nitrogens is 1. The van der Waals surface area contributed by atoms with Gasteiger partial charge in [0, 0.05) is 17.0 Å². The molecule has 0 aliphatic carbocycles. The zero-order chi connectivity index (χ0) is 17.1. The van der Waals surface area contributed by atoms with Crippen LogP contribution in [-0.2, 0) is 6.42 Å². The maximum Gasteiger partial charge on any atom is 0.257 e. The lowest BCUT2D eigenvalue weighted by Gasteiger charge is -2.06. The number of hydrogen-bond donors (Lipinski definition) is 1. The molecule has 0 saturated heterocycles. The zero-order valence-electron chi connectivity index (χ0n) is 12.8. The number of halogens is 2. The second-order valence-electron chi connectivity index (χ2n) is 5.15. The highest BCUT2D eigenvalue weighted by atomic mass is 35.5. The van der Waals surface area contributed by atoms with Crippen LogP contribution in [0.1, 0.15) is 21.0 Å². The molecule has 2 heterocycles. The smallest absolute Gasteiger partial charge is 0.257 e. The van der Waals surface area contributed by atoms with Crippen LogP contribution in [0.3, 0.4) is 0 Å². The molecule has 1 amide bonds. The monoisotopic (exact) mass is 380 g/mol. The number of carbonyl (C=O) groups is 1. The lowest BCUT2D eigenvalue weighted by Crippen LogP contribution is -2.26. The SMILES string of the molecule is Cc1onc(-c2ccccc2Cl)c1C(=O)NCCc1ccc(Cl)s1. The van der Waals surface area contributed by atoms with E-state index in [1.54, 1.807) is 13.0 Å². The molecule has 0 bridgehead atoms. The standard InChI is InChI=1S/C17H14Cl2N2O2S/c1-10-15(16(21-23-10)12-4-2-3-5-13(12)18)17(22)20-9-8-11-6-7-14(19)24-11/h2-7H,8-9H2,1H3,(H,20,22). The fraction of sp³-hybridized carbons (Fsp3) is 0.176. The van der Waals surface area contributed by atoms with Gasteiger partial charge in [0.15, 0.2) is 0 Å². The molecule has 0 unspecified atom stereocenters. The molecule has 7 heteroatoms. The molecular formula is C17H14Cl2N2O2S. The Morgan fingerprint density at radius 3 is 2.75 bits per heavy atom. The van der Waals surface area contributed by atoms with E-state index in [1.165, 1.54) is 11.3 Å². The highest BCUT2D eigenvalue weighted by Crippen LogP contribution is 2.30. The van der Waals surface area contributed by atoms with Crippen LogP contribution >= 0.6 is 34.5 Å². The number of rotatable bonds is 5. The second kappa shape index (κ2) is 7.38. The average Bonchev–Trinajstić information content (AvgIpc) is 3.13. The van der Waals surface area contributed by atoms with Crippen molar-refractivity contribution in [1.29, 1.82) is 0 Å². The van der Waals surface area contributed by atoms with Crippen LogP contribution < -0.4 is 5.32 Å². The zero-order valence-corrected chi connectivity index (χ0v) is 15.1. The van der Waals surface area contributed by atoms with Gasteiger partial charge < -0.3 is 9.84 Å². The maximum atomic E-state index is 12.6. The van der Waals surface area contributed by atoms with Crippen LogP contribution in [0.4, 0.5) is 0 Å².